The van der Waals surface area contributed by atoms with Crippen LogP contribution >= 0.6 is 0 Å². The molecule has 2 nitrogen and oxygen atoms in total. The van der Waals surface area contributed by atoms with Crippen molar-refractivity contribution in [3.05, 3.63) is 29.8 Å². The van der Waals surface area contributed by atoms with E-state index in [1.165, 1.54) is 5.56 Å². The summed E-state index contributed by atoms with van der Waals surface area (Å²) in [5.74, 6) is 2.11. The van der Waals surface area contributed by atoms with E-state index in [0.29, 0.717) is 17.9 Å². The second kappa shape index (κ2) is 7.42. The molecule has 18 heavy (non-hydrogen) atoms. The van der Waals surface area contributed by atoms with Gasteiger partial charge in [0.25, 0.3) is 0 Å². The fraction of sp³-hybridized carbons (Fsp3) is 0.625. The van der Waals surface area contributed by atoms with Gasteiger partial charge in [-0.1, -0.05) is 39.8 Å². The molecule has 1 aromatic carbocycles. The normalized spacial score (nSPS) is 14.6. The highest BCUT2D eigenvalue weighted by Crippen LogP contribution is 2.25. The van der Waals surface area contributed by atoms with Gasteiger partial charge in [-0.15, -0.1) is 0 Å². The molecule has 0 aromatic heterocycles. The van der Waals surface area contributed by atoms with Crippen molar-refractivity contribution in [3.63, 3.8) is 0 Å². The minimum Gasteiger partial charge on any atom is -0.494 e. The smallest absolute Gasteiger partial charge is 0.119 e. The van der Waals surface area contributed by atoms with Crippen molar-refractivity contribution in [3.8, 4) is 5.75 Å². The first kappa shape index (κ1) is 15.0. The lowest BCUT2D eigenvalue weighted by Crippen LogP contribution is -2.35. The zero-order valence-electron chi connectivity index (χ0n) is 12.4. The van der Waals surface area contributed by atoms with Crippen LogP contribution in [0.3, 0.4) is 0 Å². The van der Waals surface area contributed by atoms with Crippen LogP contribution in [0.1, 0.15) is 45.6 Å². The molecule has 0 radical (unpaired) electrons. The predicted octanol–water partition coefficient (Wildman–Crippen LogP) is 3.82. The third-order valence-corrected chi connectivity index (χ3v) is 3.47. The van der Waals surface area contributed by atoms with Gasteiger partial charge in [0.15, 0.2) is 0 Å². The van der Waals surface area contributed by atoms with Gasteiger partial charge in [0.05, 0.1) is 6.61 Å². The summed E-state index contributed by atoms with van der Waals surface area (Å²) in [6, 6.07) is 9.03. The van der Waals surface area contributed by atoms with E-state index in [4.69, 9.17) is 4.74 Å². The summed E-state index contributed by atoms with van der Waals surface area (Å²) < 4.78 is 5.61. The quantitative estimate of drug-likeness (QED) is 0.793. The number of ether oxygens (including phenoxy) is 1. The van der Waals surface area contributed by atoms with Crippen LogP contribution in [0.2, 0.25) is 0 Å². The minimum absolute atomic E-state index is 0.507. The molecule has 1 aromatic rings. The molecule has 1 rings (SSSR count). The number of hydrogen-bond acceptors (Lipinski definition) is 2. The molecule has 0 aliphatic rings. The lowest BCUT2D eigenvalue weighted by Gasteiger charge is -2.27. The summed E-state index contributed by atoms with van der Waals surface area (Å²) in [5, 5.41) is 3.42. The SMILES string of the molecule is CCCOc1ccc(C(C)C(NC)C(C)C)cc1. The van der Waals surface area contributed by atoms with Crippen LogP contribution in [0, 0.1) is 5.92 Å². The van der Waals surface area contributed by atoms with E-state index in [1.54, 1.807) is 0 Å². The van der Waals surface area contributed by atoms with Gasteiger partial charge < -0.3 is 10.1 Å². The van der Waals surface area contributed by atoms with Gasteiger partial charge in [-0.2, -0.15) is 0 Å². The van der Waals surface area contributed by atoms with Crippen molar-refractivity contribution in [1.82, 2.24) is 5.32 Å². The molecule has 2 atom stereocenters. The molecule has 2 heteroatoms. The molecule has 0 amide bonds. The van der Waals surface area contributed by atoms with E-state index in [2.05, 4.69) is 57.3 Å². The molecule has 0 fully saturated rings. The zero-order chi connectivity index (χ0) is 13.5. The van der Waals surface area contributed by atoms with Crippen LogP contribution in [0.5, 0.6) is 5.75 Å². The number of benzene rings is 1. The van der Waals surface area contributed by atoms with Crippen LogP contribution < -0.4 is 10.1 Å². The highest BCUT2D eigenvalue weighted by Gasteiger charge is 2.20. The van der Waals surface area contributed by atoms with Gasteiger partial charge in [0.2, 0.25) is 0 Å². The Hall–Kier alpha value is -1.02. The molecule has 0 bridgehead atoms. The average molecular weight is 249 g/mol. The molecule has 0 heterocycles. The monoisotopic (exact) mass is 249 g/mol. The second-order valence-corrected chi connectivity index (χ2v) is 5.26. The molecule has 2 unspecified atom stereocenters. The second-order valence-electron chi connectivity index (χ2n) is 5.26. The first-order chi connectivity index (χ1) is 8.60. The molecule has 102 valence electrons. The minimum atomic E-state index is 0.507. The average Bonchev–Trinajstić information content (AvgIpc) is 2.37. The maximum atomic E-state index is 5.61. The van der Waals surface area contributed by atoms with E-state index in [-0.39, 0.29) is 0 Å². The first-order valence-electron chi connectivity index (χ1n) is 7.00. The van der Waals surface area contributed by atoms with Crippen LogP contribution in [0.4, 0.5) is 0 Å². The number of hydrogen-bond donors (Lipinski definition) is 1. The van der Waals surface area contributed by atoms with Gasteiger partial charge in [0.1, 0.15) is 5.75 Å². The highest BCUT2D eigenvalue weighted by molar-refractivity contribution is 5.30. The fourth-order valence-electron chi connectivity index (χ4n) is 2.46. The standard InChI is InChI=1S/C16H27NO/c1-6-11-18-15-9-7-14(8-10-15)13(4)16(17-5)12(2)3/h7-10,12-13,16-17H,6,11H2,1-5H3. The Bertz CT molecular complexity index is 331. The van der Waals surface area contributed by atoms with Crippen molar-refractivity contribution >= 4 is 0 Å². The van der Waals surface area contributed by atoms with Crippen LogP contribution in [-0.2, 0) is 0 Å². The van der Waals surface area contributed by atoms with E-state index >= 15 is 0 Å². The van der Waals surface area contributed by atoms with Crippen molar-refractivity contribution in [2.24, 2.45) is 5.92 Å². The van der Waals surface area contributed by atoms with Gasteiger partial charge >= 0.3 is 0 Å². The molecule has 0 aliphatic heterocycles. The van der Waals surface area contributed by atoms with Crippen LogP contribution in [0.15, 0.2) is 24.3 Å². The number of likely N-dealkylation sites (N-methyl/N-ethyl adjacent to an activating group) is 1. The number of nitrogens with one attached hydrogen (secondary N) is 1. The van der Waals surface area contributed by atoms with E-state index in [9.17, 15) is 0 Å². The molecular formula is C16H27NO. The van der Waals surface area contributed by atoms with Crippen LogP contribution in [0.25, 0.3) is 0 Å². The van der Waals surface area contributed by atoms with Gasteiger partial charge in [-0.25, -0.2) is 0 Å². The van der Waals surface area contributed by atoms with Gasteiger partial charge in [0, 0.05) is 6.04 Å². The summed E-state index contributed by atoms with van der Waals surface area (Å²) in [6.07, 6.45) is 1.05. The van der Waals surface area contributed by atoms with Crippen molar-refractivity contribution in [1.29, 1.82) is 0 Å². The Balaban J connectivity index is 2.71. The largest absolute Gasteiger partial charge is 0.494 e. The van der Waals surface area contributed by atoms with Crippen molar-refractivity contribution in [2.45, 2.75) is 46.1 Å². The maximum absolute atomic E-state index is 5.61. The third kappa shape index (κ3) is 4.02. The van der Waals surface area contributed by atoms with E-state index in [0.717, 1.165) is 18.8 Å². The van der Waals surface area contributed by atoms with E-state index in [1.807, 2.05) is 7.05 Å². The zero-order valence-corrected chi connectivity index (χ0v) is 12.4. The van der Waals surface area contributed by atoms with E-state index < -0.39 is 0 Å². The Kier molecular flexibility index (Phi) is 6.20. The Labute approximate surface area is 112 Å². The maximum Gasteiger partial charge on any atom is 0.119 e. The molecule has 0 spiro atoms. The van der Waals surface area contributed by atoms with Gasteiger partial charge in [-0.3, -0.25) is 0 Å². The van der Waals surface area contributed by atoms with Gasteiger partial charge in [-0.05, 0) is 43.0 Å². The Morgan fingerprint density at radius 3 is 2.17 bits per heavy atom. The first-order valence-corrected chi connectivity index (χ1v) is 7.00. The predicted molar refractivity (Wildman–Crippen MR) is 78.3 cm³/mol. The molecule has 1 N–H and O–H groups in total. The van der Waals surface area contributed by atoms with Crippen molar-refractivity contribution < 1.29 is 4.74 Å². The number of rotatable bonds is 7. The summed E-state index contributed by atoms with van der Waals surface area (Å²) >= 11 is 0. The summed E-state index contributed by atoms with van der Waals surface area (Å²) in [6.45, 7) is 9.71. The fourth-order valence-corrected chi connectivity index (χ4v) is 2.46. The lowest BCUT2D eigenvalue weighted by molar-refractivity contribution is 0.317. The Morgan fingerprint density at radius 1 is 1.11 bits per heavy atom. The summed E-state index contributed by atoms with van der Waals surface area (Å²) in [7, 11) is 2.04. The topological polar surface area (TPSA) is 21.3 Å². The third-order valence-electron chi connectivity index (χ3n) is 3.47. The lowest BCUT2D eigenvalue weighted by atomic mass is 9.86. The molecule has 0 aliphatic carbocycles. The highest BCUT2D eigenvalue weighted by atomic mass is 16.5. The molecule has 0 saturated carbocycles. The summed E-state index contributed by atoms with van der Waals surface area (Å²) in [4.78, 5) is 0. The summed E-state index contributed by atoms with van der Waals surface area (Å²) in [5.41, 5.74) is 1.37. The molecule has 0 saturated heterocycles. The van der Waals surface area contributed by atoms with Crippen LogP contribution in [-0.4, -0.2) is 19.7 Å². The molecular weight excluding hydrogens is 222 g/mol. The van der Waals surface area contributed by atoms with Crippen molar-refractivity contribution in [2.75, 3.05) is 13.7 Å². The Morgan fingerprint density at radius 2 is 1.72 bits per heavy atom.